The molecule has 2 heterocycles. The Bertz CT molecular complexity index is 615. The number of nitrogens with zero attached hydrogens (tertiary/aromatic N) is 3. The van der Waals surface area contributed by atoms with Crippen LogP contribution in [0.5, 0.6) is 0 Å². The van der Waals surface area contributed by atoms with E-state index >= 15 is 0 Å². The molecule has 0 spiro atoms. The molecule has 1 unspecified atom stereocenters. The van der Waals surface area contributed by atoms with Gasteiger partial charge in [-0.3, -0.25) is 4.90 Å². The Kier molecular flexibility index (Phi) is 4.76. The van der Waals surface area contributed by atoms with Crippen LogP contribution >= 0.6 is 0 Å². The van der Waals surface area contributed by atoms with E-state index in [0.717, 1.165) is 13.1 Å². The molecule has 1 aromatic rings. The molecule has 1 saturated heterocycles. The van der Waals surface area contributed by atoms with E-state index in [-0.39, 0.29) is 17.6 Å². The van der Waals surface area contributed by atoms with Gasteiger partial charge in [-0.2, -0.15) is 0 Å². The maximum absolute atomic E-state index is 12.3. The molecular weight excluding hydrogens is 306 g/mol. The van der Waals surface area contributed by atoms with Gasteiger partial charge in [-0.25, -0.2) is 9.79 Å². The summed E-state index contributed by atoms with van der Waals surface area (Å²) < 4.78 is 10.7. The highest BCUT2D eigenvalue weighted by atomic mass is 16.5. The molecule has 2 aliphatic rings. The topological polar surface area (TPSA) is 54.4 Å². The first-order chi connectivity index (χ1) is 11.5. The van der Waals surface area contributed by atoms with Crippen LogP contribution in [-0.4, -0.2) is 66.7 Å². The minimum Gasteiger partial charge on any atom is -0.467 e. The van der Waals surface area contributed by atoms with E-state index in [9.17, 15) is 4.79 Å². The smallest absolute Gasteiger partial charge is 0.329 e. The summed E-state index contributed by atoms with van der Waals surface area (Å²) in [6.07, 6.45) is 0. The fourth-order valence-corrected chi connectivity index (χ4v) is 3.10. The van der Waals surface area contributed by atoms with Gasteiger partial charge in [0.15, 0.2) is 0 Å². The van der Waals surface area contributed by atoms with E-state index in [1.807, 2.05) is 36.9 Å². The second kappa shape index (κ2) is 6.81. The first kappa shape index (κ1) is 16.8. The molecule has 1 atom stereocenters. The largest absolute Gasteiger partial charge is 0.467 e. The van der Waals surface area contributed by atoms with E-state index in [1.54, 1.807) is 0 Å². The fraction of sp³-hybridized carbons (Fsp3) is 0.556. The minimum atomic E-state index is -0.389. The molecule has 0 saturated carbocycles. The lowest BCUT2D eigenvalue weighted by Gasteiger charge is -2.40. The van der Waals surface area contributed by atoms with Crippen LogP contribution in [0.2, 0.25) is 0 Å². The normalized spacial score (nSPS) is 23.5. The second-order valence-corrected chi connectivity index (χ2v) is 6.95. The monoisotopic (exact) mass is 331 g/mol. The Labute approximate surface area is 143 Å². The fourth-order valence-electron chi connectivity index (χ4n) is 3.10. The number of esters is 1. The summed E-state index contributed by atoms with van der Waals surface area (Å²) in [5.74, 6) is -0.247. The van der Waals surface area contributed by atoms with Crippen LogP contribution in [-0.2, 0) is 20.8 Å². The maximum Gasteiger partial charge on any atom is 0.329 e. The van der Waals surface area contributed by atoms with Crippen molar-refractivity contribution in [3.63, 3.8) is 0 Å². The number of methoxy groups -OCH3 is 1. The Morgan fingerprint density at radius 3 is 2.71 bits per heavy atom. The lowest BCUT2D eigenvalue weighted by molar-refractivity contribution is -0.148. The molecule has 0 aromatic heterocycles. The van der Waals surface area contributed by atoms with Crippen molar-refractivity contribution in [2.75, 3.05) is 33.4 Å². The van der Waals surface area contributed by atoms with Crippen molar-refractivity contribution in [3.05, 3.63) is 35.9 Å². The molecule has 0 aliphatic carbocycles. The zero-order valence-electron chi connectivity index (χ0n) is 14.6. The number of benzene rings is 1. The van der Waals surface area contributed by atoms with Crippen LogP contribution in [0.15, 0.2) is 35.3 Å². The summed E-state index contributed by atoms with van der Waals surface area (Å²) in [6.45, 7) is 7.57. The molecule has 24 heavy (non-hydrogen) atoms. The van der Waals surface area contributed by atoms with Crippen LogP contribution in [0.1, 0.15) is 19.4 Å². The zero-order chi connectivity index (χ0) is 17.2. The van der Waals surface area contributed by atoms with Crippen LogP contribution in [0.25, 0.3) is 0 Å². The average molecular weight is 331 g/mol. The molecule has 0 amide bonds. The van der Waals surface area contributed by atoms with Crippen LogP contribution in [0.4, 0.5) is 0 Å². The summed E-state index contributed by atoms with van der Waals surface area (Å²) in [5.41, 5.74) is 1.00. The minimum absolute atomic E-state index is 0.239. The van der Waals surface area contributed by atoms with Gasteiger partial charge in [0.2, 0.25) is 0 Å². The number of aliphatic imine (C=N–C) groups is 1. The number of carbonyl (C=O) groups excluding carboxylic acids is 1. The Balaban J connectivity index is 1.73. The number of hydrogen-bond acceptors (Lipinski definition) is 6. The van der Waals surface area contributed by atoms with Gasteiger partial charge in [-0.05, 0) is 19.4 Å². The van der Waals surface area contributed by atoms with Crippen LogP contribution in [0, 0.1) is 0 Å². The molecule has 0 bridgehead atoms. The van der Waals surface area contributed by atoms with Crippen molar-refractivity contribution in [2.45, 2.75) is 32.0 Å². The van der Waals surface area contributed by atoms with E-state index in [2.05, 4.69) is 22.0 Å². The van der Waals surface area contributed by atoms with E-state index in [0.29, 0.717) is 25.7 Å². The third-order valence-electron chi connectivity index (χ3n) is 4.39. The summed E-state index contributed by atoms with van der Waals surface area (Å²) in [6, 6.07) is 10.5. The number of hydrogen-bond donors (Lipinski definition) is 0. The van der Waals surface area contributed by atoms with E-state index < -0.39 is 0 Å². The first-order valence-corrected chi connectivity index (χ1v) is 8.32. The van der Waals surface area contributed by atoms with Gasteiger partial charge in [0.05, 0.1) is 12.6 Å². The second-order valence-electron chi connectivity index (χ2n) is 6.95. The van der Waals surface area contributed by atoms with Crippen molar-refractivity contribution < 1.29 is 14.3 Å². The van der Waals surface area contributed by atoms with Gasteiger partial charge < -0.3 is 14.4 Å². The number of amidine groups is 1. The molecule has 130 valence electrons. The van der Waals surface area contributed by atoms with Crippen LogP contribution in [0.3, 0.4) is 0 Å². The van der Waals surface area contributed by atoms with Gasteiger partial charge in [-0.15, -0.1) is 0 Å². The van der Waals surface area contributed by atoms with E-state index in [1.165, 1.54) is 12.7 Å². The number of carbonyl (C=O) groups is 1. The molecule has 1 aromatic carbocycles. The van der Waals surface area contributed by atoms with Gasteiger partial charge >= 0.3 is 5.97 Å². The van der Waals surface area contributed by atoms with E-state index in [4.69, 9.17) is 9.47 Å². The lowest BCUT2D eigenvalue weighted by Crippen LogP contribution is -2.58. The van der Waals surface area contributed by atoms with Crippen molar-refractivity contribution in [1.82, 2.24) is 9.80 Å². The molecule has 0 radical (unpaired) electrons. The van der Waals surface area contributed by atoms with Gasteiger partial charge in [0.25, 0.3) is 6.02 Å². The number of rotatable bonds is 3. The quantitative estimate of drug-likeness (QED) is 0.786. The summed E-state index contributed by atoms with van der Waals surface area (Å²) in [7, 11) is 1.43. The van der Waals surface area contributed by atoms with Gasteiger partial charge in [0.1, 0.15) is 12.6 Å². The first-order valence-electron chi connectivity index (χ1n) is 8.32. The Morgan fingerprint density at radius 1 is 1.33 bits per heavy atom. The van der Waals surface area contributed by atoms with Gasteiger partial charge in [0, 0.05) is 26.2 Å². The Morgan fingerprint density at radius 2 is 2.08 bits per heavy atom. The molecular formula is C18H25N3O3. The highest BCUT2D eigenvalue weighted by Crippen LogP contribution is 2.22. The lowest BCUT2D eigenvalue weighted by atomic mass is 10.1. The SMILES string of the molecule is COC(=O)C1CN(Cc2ccccc2)CCN1C1=NC(C)(C)CO1. The van der Waals surface area contributed by atoms with Crippen molar-refractivity contribution in [2.24, 2.45) is 4.99 Å². The molecule has 1 fully saturated rings. The third kappa shape index (κ3) is 3.70. The predicted octanol–water partition coefficient (Wildman–Crippen LogP) is 1.51. The number of ether oxygens (including phenoxy) is 2. The summed E-state index contributed by atoms with van der Waals surface area (Å²) in [5, 5.41) is 0. The number of piperazine rings is 1. The average Bonchev–Trinajstić information content (AvgIpc) is 2.95. The summed E-state index contributed by atoms with van der Waals surface area (Å²) in [4.78, 5) is 21.1. The highest BCUT2D eigenvalue weighted by Gasteiger charge is 2.39. The predicted molar refractivity (Wildman–Crippen MR) is 91.7 cm³/mol. The molecule has 2 aliphatic heterocycles. The Hall–Kier alpha value is -2.08. The molecule has 0 N–H and O–H groups in total. The van der Waals surface area contributed by atoms with Crippen LogP contribution < -0.4 is 0 Å². The maximum atomic E-state index is 12.3. The van der Waals surface area contributed by atoms with Crippen molar-refractivity contribution >= 4 is 12.0 Å². The van der Waals surface area contributed by atoms with Crippen molar-refractivity contribution in [1.29, 1.82) is 0 Å². The molecule has 6 nitrogen and oxygen atoms in total. The van der Waals surface area contributed by atoms with Crippen molar-refractivity contribution in [3.8, 4) is 0 Å². The van der Waals surface area contributed by atoms with Gasteiger partial charge in [-0.1, -0.05) is 30.3 Å². The standard InChI is InChI=1S/C18H25N3O3/c1-18(2)13-24-17(19-18)21-10-9-20(12-15(21)16(22)23-3)11-14-7-5-4-6-8-14/h4-8,15H,9-13H2,1-3H3. The molecule has 3 rings (SSSR count). The third-order valence-corrected chi connectivity index (χ3v) is 4.39. The molecule has 6 heteroatoms. The highest BCUT2D eigenvalue weighted by molar-refractivity contribution is 5.84. The zero-order valence-corrected chi connectivity index (χ0v) is 14.6. The summed E-state index contributed by atoms with van der Waals surface area (Å²) >= 11 is 0.